The fourth-order valence-electron chi connectivity index (χ4n) is 1.44. The maximum absolute atomic E-state index is 11.8. The Morgan fingerprint density at radius 2 is 2.00 bits per heavy atom. The monoisotopic (exact) mass is 257 g/mol. The van der Waals surface area contributed by atoms with Gasteiger partial charge in [-0.05, 0) is 18.6 Å². The molecule has 0 saturated carbocycles. The Hall–Kier alpha value is -2.54. The lowest BCUT2D eigenvalue weighted by atomic mass is 10.1. The van der Waals surface area contributed by atoms with Gasteiger partial charge in [-0.2, -0.15) is 0 Å². The molecular formula is C15H15NO3. The van der Waals surface area contributed by atoms with Crippen molar-refractivity contribution in [3.05, 3.63) is 41.5 Å². The van der Waals surface area contributed by atoms with Crippen molar-refractivity contribution in [1.82, 2.24) is 4.90 Å². The standard InChI is InChI=1S/C15H15NO3/c1-3-10-16(11-15(18)19)14(17)9-8-13-6-4-12(2)5-7-13/h1,4-9H,10-11H2,2H3,(H,18,19). The molecule has 19 heavy (non-hydrogen) atoms. The fraction of sp³-hybridized carbons (Fsp3) is 0.200. The fourth-order valence-corrected chi connectivity index (χ4v) is 1.44. The zero-order valence-corrected chi connectivity index (χ0v) is 10.7. The number of nitrogens with zero attached hydrogens (tertiary/aromatic N) is 1. The molecule has 1 aromatic carbocycles. The third kappa shape index (κ3) is 5.09. The summed E-state index contributed by atoms with van der Waals surface area (Å²) in [6.07, 6.45) is 8.06. The second-order valence-corrected chi connectivity index (χ2v) is 4.04. The average Bonchev–Trinajstić information content (AvgIpc) is 2.37. The normalized spacial score (nSPS) is 10.1. The highest BCUT2D eigenvalue weighted by Crippen LogP contribution is 2.05. The largest absolute Gasteiger partial charge is 0.480 e. The smallest absolute Gasteiger partial charge is 0.323 e. The summed E-state index contributed by atoms with van der Waals surface area (Å²) in [6.45, 7) is 1.55. The summed E-state index contributed by atoms with van der Waals surface area (Å²) in [5.41, 5.74) is 2.00. The van der Waals surface area contributed by atoms with Gasteiger partial charge in [0.15, 0.2) is 0 Å². The molecule has 1 amide bonds. The first-order valence-electron chi connectivity index (χ1n) is 5.72. The van der Waals surface area contributed by atoms with Crippen LogP contribution < -0.4 is 0 Å². The number of aryl methyl sites for hydroxylation is 1. The highest BCUT2D eigenvalue weighted by molar-refractivity contribution is 5.93. The lowest BCUT2D eigenvalue weighted by Gasteiger charge is -2.15. The van der Waals surface area contributed by atoms with Crippen molar-refractivity contribution in [2.45, 2.75) is 6.92 Å². The summed E-state index contributed by atoms with van der Waals surface area (Å²) in [5.74, 6) is 0.761. The van der Waals surface area contributed by atoms with E-state index in [0.29, 0.717) is 0 Å². The van der Waals surface area contributed by atoms with Crippen molar-refractivity contribution in [1.29, 1.82) is 0 Å². The van der Waals surface area contributed by atoms with Crippen molar-refractivity contribution in [2.24, 2.45) is 0 Å². The topological polar surface area (TPSA) is 57.6 Å². The first-order valence-corrected chi connectivity index (χ1v) is 5.72. The van der Waals surface area contributed by atoms with Gasteiger partial charge in [-0.15, -0.1) is 6.42 Å². The molecule has 0 heterocycles. The van der Waals surface area contributed by atoms with E-state index in [1.54, 1.807) is 6.08 Å². The quantitative estimate of drug-likeness (QED) is 0.643. The van der Waals surface area contributed by atoms with Crippen molar-refractivity contribution in [2.75, 3.05) is 13.1 Å². The second kappa shape index (κ2) is 7.02. The van der Waals surface area contributed by atoms with Crippen molar-refractivity contribution in [3.8, 4) is 12.3 Å². The van der Waals surface area contributed by atoms with Crippen LogP contribution in [0.15, 0.2) is 30.3 Å². The Kier molecular flexibility index (Phi) is 5.36. The van der Waals surface area contributed by atoms with Gasteiger partial charge in [0.1, 0.15) is 6.54 Å². The number of hydrogen-bond donors (Lipinski definition) is 1. The SMILES string of the molecule is C#CCN(CC(=O)O)C(=O)C=Cc1ccc(C)cc1. The Bertz CT molecular complexity index is 523. The van der Waals surface area contributed by atoms with Gasteiger partial charge >= 0.3 is 5.97 Å². The maximum Gasteiger partial charge on any atom is 0.323 e. The molecule has 0 aliphatic heterocycles. The van der Waals surface area contributed by atoms with Gasteiger partial charge in [-0.25, -0.2) is 0 Å². The van der Waals surface area contributed by atoms with E-state index in [2.05, 4.69) is 5.92 Å². The van der Waals surface area contributed by atoms with Gasteiger partial charge in [0.25, 0.3) is 0 Å². The number of benzene rings is 1. The number of terminal acetylenes is 1. The van der Waals surface area contributed by atoms with E-state index in [-0.39, 0.29) is 6.54 Å². The highest BCUT2D eigenvalue weighted by Gasteiger charge is 2.12. The van der Waals surface area contributed by atoms with Crippen molar-refractivity contribution < 1.29 is 14.7 Å². The number of rotatable bonds is 5. The molecule has 0 aromatic heterocycles. The summed E-state index contributed by atoms with van der Waals surface area (Å²) in [4.78, 5) is 23.5. The maximum atomic E-state index is 11.8. The van der Waals surface area contributed by atoms with E-state index in [0.717, 1.165) is 16.0 Å². The number of carbonyl (C=O) groups excluding carboxylic acids is 1. The molecule has 1 aromatic rings. The molecule has 0 bridgehead atoms. The lowest BCUT2D eigenvalue weighted by Crippen LogP contribution is -2.34. The molecule has 1 N–H and O–H groups in total. The minimum absolute atomic E-state index is 0.0244. The van der Waals surface area contributed by atoms with Crippen LogP contribution in [0.5, 0.6) is 0 Å². The summed E-state index contributed by atoms with van der Waals surface area (Å²) in [5, 5.41) is 8.69. The molecule has 0 spiro atoms. The van der Waals surface area contributed by atoms with E-state index in [4.69, 9.17) is 11.5 Å². The molecule has 0 aliphatic rings. The molecular weight excluding hydrogens is 242 g/mol. The minimum Gasteiger partial charge on any atom is -0.480 e. The van der Waals surface area contributed by atoms with Crippen molar-refractivity contribution in [3.63, 3.8) is 0 Å². The van der Waals surface area contributed by atoms with Crippen LogP contribution in [0, 0.1) is 19.3 Å². The molecule has 0 fully saturated rings. The van der Waals surface area contributed by atoms with Crippen LogP contribution in [0.2, 0.25) is 0 Å². The number of carboxylic acids is 1. The number of amides is 1. The van der Waals surface area contributed by atoms with Crippen molar-refractivity contribution >= 4 is 18.0 Å². The summed E-state index contributed by atoms with van der Waals surface area (Å²) in [7, 11) is 0. The lowest BCUT2D eigenvalue weighted by molar-refractivity contribution is -0.142. The predicted molar refractivity (Wildman–Crippen MR) is 73.3 cm³/mol. The van der Waals surface area contributed by atoms with E-state index in [9.17, 15) is 9.59 Å². The van der Waals surface area contributed by atoms with Gasteiger partial charge in [0, 0.05) is 6.08 Å². The van der Waals surface area contributed by atoms with Crippen LogP contribution in [0.25, 0.3) is 6.08 Å². The van der Waals surface area contributed by atoms with Crippen LogP contribution in [0.4, 0.5) is 0 Å². The summed E-state index contributed by atoms with van der Waals surface area (Å²) >= 11 is 0. The third-order valence-electron chi connectivity index (χ3n) is 2.42. The Balaban J connectivity index is 2.73. The van der Waals surface area contributed by atoms with Gasteiger partial charge in [0.05, 0.1) is 6.54 Å². The first kappa shape index (κ1) is 14.5. The van der Waals surface area contributed by atoms with Gasteiger partial charge in [-0.3, -0.25) is 9.59 Å². The molecule has 0 saturated heterocycles. The first-order chi connectivity index (χ1) is 9.02. The van der Waals surface area contributed by atoms with Gasteiger partial charge in [-0.1, -0.05) is 35.7 Å². The van der Waals surface area contributed by atoms with Crippen LogP contribution in [-0.2, 0) is 9.59 Å². The second-order valence-electron chi connectivity index (χ2n) is 4.04. The van der Waals surface area contributed by atoms with E-state index < -0.39 is 18.4 Å². The number of hydrogen-bond acceptors (Lipinski definition) is 2. The van der Waals surface area contributed by atoms with Gasteiger partial charge < -0.3 is 10.0 Å². The molecule has 0 unspecified atom stereocenters. The van der Waals surface area contributed by atoms with Crippen LogP contribution >= 0.6 is 0 Å². The Morgan fingerprint density at radius 1 is 1.37 bits per heavy atom. The molecule has 0 radical (unpaired) electrons. The molecule has 0 aliphatic carbocycles. The number of aliphatic carboxylic acids is 1. The third-order valence-corrected chi connectivity index (χ3v) is 2.42. The van der Waals surface area contributed by atoms with E-state index in [1.165, 1.54) is 6.08 Å². The average molecular weight is 257 g/mol. The van der Waals surface area contributed by atoms with Crippen LogP contribution in [-0.4, -0.2) is 35.0 Å². The molecule has 1 rings (SSSR count). The predicted octanol–water partition coefficient (Wildman–Crippen LogP) is 1.55. The van der Waals surface area contributed by atoms with E-state index >= 15 is 0 Å². The molecule has 4 heteroatoms. The Labute approximate surface area is 112 Å². The number of carbonyl (C=O) groups is 2. The molecule has 0 atom stereocenters. The van der Waals surface area contributed by atoms with Gasteiger partial charge in [0.2, 0.25) is 5.91 Å². The zero-order valence-electron chi connectivity index (χ0n) is 10.7. The van der Waals surface area contributed by atoms with Crippen LogP contribution in [0.1, 0.15) is 11.1 Å². The molecule has 4 nitrogen and oxygen atoms in total. The highest BCUT2D eigenvalue weighted by atomic mass is 16.4. The summed E-state index contributed by atoms with van der Waals surface area (Å²) < 4.78 is 0. The summed E-state index contributed by atoms with van der Waals surface area (Å²) in [6, 6.07) is 7.62. The zero-order chi connectivity index (χ0) is 14.3. The Morgan fingerprint density at radius 3 is 2.53 bits per heavy atom. The van der Waals surface area contributed by atoms with Crippen LogP contribution in [0.3, 0.4) is 0 Å². The van der Waals surface area contributed by atoms with E-state index in [1.807, 2.05) is 31.2 Å². The molecule has 98 valence electrons. The number of carboxylic acid groups (broad SMARTS) is 1. The minimum atomic E-state index is -1.09.